The van der Waals surface area contributed by atoms with Gasteiger partial charge in [0.05, 0.1) is 5.41 Å². The first-order valence-electron chi connectivity index (χ1n) is 5.69. The molecule has 0 aliphatic heterocycles. The highest BCUT2D eigenvalue weighted by molar-refractivity contribution is 7.69. The highest BCUT2D eigenvalue weighted by atomic mass is 32.2. The SMILES string of the molecule is CC(C)(C)OC(=O)CN(OC(=O)C(C)(C)C)[SH](=O)=O. The fourth-order valence-corrected chi connectivity index (χ4v) is 1.21. The van der Waals surface area contributed by atoms with Gasteiger partial charge >= 0.3 is 11.9 Å². The maximum absolute atomic E-state index is 11.6. The van der Waals surface area contributed by atoms with Crippen LogP contribution in [0.1, 0.15) is 41.5 Å². The van der Waals surface area contributed by atoms with Crippen LogP contribution in [-0.2, 0) is 30.1 Å². The topological polar surface area (TPSA) is 90.0 Å². The van der Waals surface area contributed by atoms with Crippen molar-refractivity contribution in [2.75, 3.05) is 6.54 Å². The Labute approximate surface area is 114 Å². The van der Waals surface area contributed by atoms with E-state index in [2.05, 4.69) is 4.84 Å². The summed E-state index contributed by atoms with van der Waals surface area (Å²) in [6.07, 6.45) is 0. The summed E-state index contributed by atoms with van der Waals surface area (Å²) in [7, 11) is -3.23. The molecule has 0 amide bonds. The maximum atomic E-state index is 11.6. The van der Waals surface area contributed by atoms with Crippen LogP contribution in [0.3, 0.4) is 0 Å². The predicted octanol–water partition coefficient (Wildman–Crippen LogP) is 0.661. The lowest BCUT2D eigenvalue weighted by molar-refractivity contribution is -0.184. The quantitative estimate of drug-likeness (QED) is 0.465. The van der Waals surface area contributed by atoms with Gasteiger partial charge in [0.25, 0.3) is 0 Å². The Bertz CT molecular complexity index is 408. The second-order valence-electron chi connectivity index (χ2n) is 5.96. The smallest absolute Gasteiger partial charge is 0.331 e. The Balaban J connectivity index is 4.70. The van der Waals surface area contributed by atoms with E-state index in [1.165, 1.54) is 0 Å². The predicted molar refractivity (Wildman–Crippen MR) is 68.4 cm³/mol. The van der Waals surface area contributed by atoms with Crippen LogP contribution in [0, 0.1) is 5.41 Å². The number of ether oxygens (including phenoxy) is 1. The molecular formula is C11H21NO6S. The van der Waals surface area contributed by atoms with Crippen molar-refractivity contribution in [1.82, 2.24) is 4.47 Å². The van der Waals surface area contributed by atoms with Crippen molar-refractivity contribution in [3.8, 4) is 0 Å². The zero-order valence-electron chi connectivity index (χ0n) is 12.1. The van der Waals surface area contributed by atoms with Gasteiger partial charge in [-0.1, -0.05) is 0 Å². The first-order chi connectivity index (χ1) is 8.33. The van der Waals surface area contributed by atoms with E-state index < -0.39 is 40.4 Å². The third kappa shape index (κ3) is 7.78. The zero-order valence-corrected chi connectivity index (χ0v) is 12.9. The van der Waals surface area contributed by atoms with Crippen molar-refractivity contribution in [3.05, 3.63) is 0 Å². The van der Waals surface area contributed by atoms with Crippen LogP contribution >= 0.6 is 0 Å². The molecule has 0 spiro atoms. The van der Waals surface area contributed by atoms with E-state index in [1.807, 2.05) is 0 Å². The van der Waals surface area contributed by atoms with Crippen LogP contribution in [0.15, 0.2) is 0 Å². The van der Waals surface area contributed by atoms with Gasteiger partial charge in [-0.05, 0) is 46.0 Å². The molecule has 0 atom stereocenters. The summed E-state index contributed by atoms with van der Waals surface area (Å²) in [5.41, 5.74) is -1.62. The van der Waals surface area contributed by atoms with E-state index in [9.17, 15) is 18.0 Å². The normalized spacial score (nSPS) is 12.6. The van der Waals surface area contributed by atoms with Gasteiger partial charge in [-0.2, -0.15) is 0 Å². The molecule has 0 unspecified atom stereocenters. The molecule has 8 heteroatoms. The highest BCUT2D eigenvalue weighted by Gasteiger charge is 2.29. The lowest BCUT2D eigenvalue weighted by Gasteiger charge is -2.23. The summed E-state index contributed by atoms with van der Waals surface area (Å²) < 4.78 is 27.1. The molecule has 0 bridgehead atoms. The third-order valence-corrected chi connectivity index (χ3v) is 2.25. The number of carbonyl (C=O) groups excluding carboxylic acids is 2. The van der Waals surface area contributed by atoms with E-state index in [1.54, 1.807) is 41.5 Å². The molecule has 0 rings (SSSR count). The summed E-state index contributed by atoms with van der Waals surface area (Å²) in [5, 5.41) is 0. The van der Waals surface area contributed by atoms with E-state index in [-0.39, 0.29) is 0 Å². The molecule has 0 aromatic heterocycles. The van der Waals surface area contributed by atoms with E-state index in [0.29, 0.717) is 4.47 Å². The summed E-state index contributed by atoms with van der Waals surface area (Å²) in [6, 6.07) is 0. The average molecular weight is 295 g/mol. The monoisotopic (exact) mass is 295 g/mol. The molecule has 19 heavy (non-hydrogen) atoms. The Morgan fingerprint density at radius 2 is 1.53 bits per heavy atom. The van der Waals surface area contributed by atoms with Gasteiger partial charge in [-0.3, -0.25) is 4.79 Å². The zero-order chi connectivity index (χ0) is 15.4. The lowest BCUT2D eigenvalue weighted by atomic mass is 9.98. The molecule has 0 radical (unpaired) electrons. The molecule has 0 saturated heterocycles. The number of esters is 1. The minimum Gasteiger partial charge on any atom is -0.459 e. The van der Waals surface area contributed by atoms with Gasteiger partial charge in [-0.15, -0.1) is 0 Å². The summed E-state index contributed by atoms with van der Waals surface area (Å²) >= 11 is 0. The largest absolute Gasteiger partial charge is 0.459 e. The van der Waals surface area contributed by atoms with Gasteiger partial charge in [0.2, 0.25) is 10.9 Å². The molecule has 0 aromatic rings. The molecule has 0 heterocycles. The average Bonchev–Trinajstić information content (AvgIpc) is 2.11. The van der Waals surface area contributed by atoms with Gasteiger partial charge in [-0.25, -0.2) is 13.2 Å². The molecule has 0 fully saturated rings. The van der Waals surface area contributed by atoms with Crippen molar-refractivity contribution < 1.29 is 27.6 Å². The molecule has 0 N–H and O–H groups in total. The molecule has 112 valence electrons. The number of nitrogens with zero attached hydrogens (tertiary/aromatic N) is 1. The number of hydroxylamine groups is 1. The van der Waals surface area contributed by atoms with Gasteiger partial charge in [0.1, 0.15) is 12.1 Å². The minimum atomic E-state index is -3.23. The Kier molecular flexibility index (Phi) is 5.95. The van der Waals surface area contributed by atoms with Crippen LogP contribution < -0.4 is 0 Å². The van der Waals surface area contributed by atoms with Crippen molar-refractivity contribution in [3.63, 3.8) is 0 Å². The van der Waals surface area contributed by atoms with Gasteiger partial charge in [0.15, 0.2) is 0 Å². The minimum absolute atomic E-state index is 0.303. The van der Waals surface area contributed by atoms with E-state index in [4.69, 9.17) is 4.74 Å². The Morgan fingerprint density at radius 1 is 1.05 bits per heavy atom. The molecule has 0 aromatic carbocycles. The maximum Gasteiger partial charge on any atom is 0.331 e. The fourth-order valence-electron chi connectivity index (χ4n) is 0.840. The van der Waals surface area contributed by atoms with Gasteiger partial charge in [0, 0.05) is 0 Å². The summed E-state index contributed by atoms with van der Waals surface area (Å²) in [4.78, 5) is 27.7. The molecule has 0 aliphatic rings. The summed E-state index contributed by atoms with van der Waals surface area (Å²) in [5.74, 6) is -1.55. The molecule has 0 saturated carbocycles. The second-order valence-corrected chi connectivity index (χ2v) is 6.89. The Morgan fingerprint density at radius 3 is 1.84 bits per heavy atom. The van der Waals surface area contributed by atoms with Crippen LogP contribution in [0.2, 0.25) is 0 Å². The van der Waals surface area contributed by atoms with E-state index >= 15 is 0 Å². The number of hydrogen-bond acceptors (Lipinski definition) is 6. The molecular weight excluding hydrogens is 274 g/mol. The first kappa shape index (κ1) is 17.8. The van der Waals surface area contributed by atoms with Crippen LogP contribution in [-0.4, -0.2) is 37.0 Å². The van der Waals surface area contributed by atoms with Gasteiger partial charge < -0.3 is 9.57 Å². The number of hydrogen-bond donors (Lipinski definition) is 1. The first-order valence-corrected chi connectivity index (χ1v) is 6.82. The van der Waals surface area contributed by atoms with Crippen molar-refractivity contribution in [1.29, 1.82) is 0 Å². The fraction of sp³-hybridized carbons (Fsp3) is 0.818. The second kappa shape index (κ2) is 6.33. The van der Waals surface area contributed by atoms with Crippen molar-refractivity contribution in [2.24, 2.45) is 5.41 Å². The number of carbonyl (C=O) groups is 2. The lowest BCUT2D eigenvalue weighted by Crippen LogP contribution is -2.38. The summed E-state index contributed by atoms with van der Waals surface area (Å²) in [6.45, 7) is 8.98. The molecule has 0 aliphatic carbocycles. The van der Waals surface area contributed by atoms with Crippen molar-refractivity contribution in [2.45, 2.75) is 47.1 Å². The van der Waals surface area contributed by atoms with Crippen LogP contribution in [0.4, 0.5) is 0 Å². The number of rotatable bonds is 4. The van der Waals surface area contributed by atoms with Crippen LogP contribution in [0.25, 0.3) is 0 Å². The molecule has 7 nitrogen and oxygen atoms in total. The number of thiol groups is 1. The van der Waals surface area contributed by atoms with Crippen LogP contribution in [0.5, 0.6) is 0 Å². The van der Waals surface area contributed by atoms with E-state index in [0.717, 1.165) is 0 Å². The van der Waals surface area contributed by atoms with Crippen molar-refractivity contribution >= 4 is 22.8 Å². The Hall–Kier alpha value is -1.15. The highest BCUT2D eigenvalue weighted by Crippen LogP contribution is 2.16. The standard InChI is InChI=1S/C11H21NO6S/c1-10(2,3)9(14)18-12(19(15)16)7-8(13)17-11(4,5)6/h19H,7H2,1-6H3. The third-order valence-electron chi connectivity index (χ3n) is 1.67.